The zero-order valence-electron chi connectivity index (χ0n) is 13.1. The Balaban J connectivity index is 1.98. The summed E-state index contributed by atoms with van der Waals surface area (Å²) in [6.07, 6.45) is 2.28. The van der Waals surface area contributed by atoms with Crippen molar-refractivity contribution < 1.29 is 4.74 Å². The van der Waals surface area contributed by atoms with Crippen LogP contribution >= 0.6 is 0 Å². The second-order valence-corrected chi connectivity index (χ2v) is 4.90. The minimum atomic E-state index is 0.674. The summed E-state index contributed by atoms with van der Waals surface area (Å²) in [5.74, 6) is 12.8. The van der Waals surface area contributed by atoms with Crippen LogP contribution in [0.5, 0.6) is 5.75 Å². The van der Waals surface area contributed by atoms with Crippen LogP contribution in [-0.2, 0) is 6.42 Å². The summed E-state index contributed by atoms with van der Waals surface area (Å²) in [6, 6.07) is 16.1. The van der Waals surface area contributed by atoms with Crippen LogP contribution in [0.2, 0.25) is 0 Å². The van der Waals surface area contributed by atoms with E-state index in [1.807, 2.05) is 31.2 Å². The van der Waals surface area contributed by atoms with Gasteiger partial charge in [0.15, 0.2) is 0 Å². The van der Waals surface area contributed by atoms with Gasteiger partial charge in [0.1, 0.15) is 5.75 Å². The summed E-state index contributed by atoms with van der Waals surface area (Å²) in [7, 11) is 0. The highest BCUT2D eigenvalue weighted by molar-refractivity contribution is 5.45. The van der Waals surface area contributed by atoms with Crippen molar-refractivity contribution in [3.05, 3.63) is 65.2 Å². The largest absolute Gasteiger partial charge is 0.494 e. The number of hydrogen-bond acceptors (Lipinski definition) is 1. The molecule has 0 unspecified atom stereocenters. The minimum Gasteiger partial charge on any atom is -0.494 e. The molecule has 0 spiro atoms. The Bertz CT molecular complexity index is 635. The van der Waals surface area contributed by atoms with Crippen molar-refractivity contribution >= 4 is 0 Å². The Morgan fingerprint density at radius 2 is 1.32 bits per heavy atom. The fraction of sp³-hybridized carbons (Fsp3) is 0.238. The molecule has 0 fully saturated rings. The van der Waals surface area contributed by atoms with E-state index in [1.54, 1.807) is 0 Å². The van der Waals surface area contributed by atoms with Crippen LogP contribution < -0.4 is 4.74 Å². The molecule has 0 N–H and O–H groups in total. The maximum atomic E-state index is 5.40. The first-order valence-electron chi connectivity index (χ1n) is 7.65. The van der Waals surface area contributed by atoms with E-state index in [0.29, 0.717) is 6.61 Å². The van der Waals surface area contributed by atoms with Gasteiger partial charge in [0.05, 0.1) is 6.61 Å². The van der Waals surface area contributed by atoms with Crippen LogP contribution in [0.4, 0.5) is 0 Å². The van der Waals surface area contributed by atoms with Crippen molar-refractivity contribution in [3.63, 3.8) is 0 Å². The Morgan fingerprint density at radius 3 is 1.82 bits per heavy atom. The number of hydrogen-bond donors (Lipinski definition) is 0. The van der Waals surface area contributed by atoms with Crippen LogP contribution in [0.1, 0.15) is 37.0 Å². The van der Waals surface area contributed by atoms with Gasteiger partial charge >= 0.3 is 0 Å². The Hall–Kier alpha value is -2.64. The summed E-state index contributed by atoms with van der Waals surface area (Å²) in [4.78, 5) is 0. The highest BCUT2D eigenvalue weighted by Gasteiger charge is 1.91. The Kier molecular flexibility index (Phi) is 6.16. The fourth-order valence-corrected chi connectivity index (χ4v) is 2.05. The topological polar surface area (TPSA) is 9.23 Å². The summed E-state index contributed by atoms with van der Waals surface area (Å²) in [5, 5.41) is 0. The molecule has 1 nitrogen and oxygen atoms in total. The molecule has 0 aliphatic rings. The van der Waals surface area contributed by atoms with Crippen LogP contribution in [0, 0.1) is 23.7 Å². The third-order valence-electron chi connectivity index (χ3n) is 3.13. The molecule has 0 atom stereocenters. The van der Waals surface area contributed by atoms with Crippen LogP contribution in [-0.4, -0.2) is 6.61 Å². The Labute approximate surface area is 133 Å². The van der Waals surface area contributed by atoms with Crippen LogP contribution in [0.25, 0.3) is 0 Å². The van der Waals surface area contributed by atoms with Gasteiger partial charge in [-0.1, -0.05) is 37.3 Å². The number of benzene rings is 2. The highest BCUT2D eigenvalue weighted by atomic mass is 16.5. The second kappa shape index (κ2) is 8.60. The molecule has 22 heavy (non-hydrogen) atoms. The predicted octanol–water partition coefficient (Wildman–Crippen LogP) is 4.44. The van der Waals surface area contributed by atoms with Gasteiger partial charge in [-0.15, -0.1) is 0 Å². The van der Waals surface area contributed by atoms with Gasteiger partial charge in [0.2, 0.25) is 0 Å². The van der Waals surface area contributed by atoms with E-state index < -0.39 is 0 Å². The van der Waals surface area contributed by atoms with Gasteiger partial charge in [0, 0.05) is 11.1 Å². The molecule has 0 bridgehead atoms. The normalized spacial score (nSPS) is 9.18. The maximum Gasteiger partial charge on any atom is 0.119 e. The quantitative estimate of drug-likeness (QED) is 0.756. The summed E-state index contributed by atoms with van der Waals surface area (Å²) in [6.45, 7) is 4.83. The lowest BCUT2D eigenvalue weighted by Gasteiger charge is -2.00. The van der Waals surface area contributed by atoms with Gasteiger partial charge in [0.25, 0.3) is 0 Å². The lowest BCUT2D eigenvalue weighted by Crippen LogP contribution is -1.90. The summed E-state index contributed by atoms with van der Waals surface area (Å²) in [5.41, 5.74) is 3.30. The number of ether oxygens (including phenoxy) is 1. The van der Waals surface area contributed by atoms with E-state index in [0.717, 1.165) is 23.3 Å². The van der Waals surface area contributed by atoms with Gasteiger partial charge in [-0.3, -0.25) is 0 Å². The van der Waals surface area contributed by atoms with Gasteiger partial charge in [-0.05, 0) is 67.1 Å². The fourth-order valence-electron chi connectivity index (χ4n) is 2.05. The molecular weight excluding hydrogens is 268 g/mol. The zero-order chi connectivity index (χ0) is 15.6. The first-order valence-corrected chi connectivity index (χ1v) is 7.65. The molecule has 0 heterocycles. The Morgan fingerprint density at radius 1 is 0.773 bits per heavy atom. The second-order valence-electron chi connectivity index (χ2n) is 4.90. The monoisotopic (exact) mass is 288 g/mol. The minimum absolute atomic E-state index is 0.674. The standard InChI is InChI=1S/C21H20O/c1-3-7-18-10-12-19(13-11-18)8-5-6-9-20-14-16-21(17-15-20)22-4-2/h10-17H,3-4,7H2,1-2H3. The first-order chi connectivity index (χ1) is 10.8. The number of rotatable bonds is 4. The van der Waals surface area contributed by atoms with E-state index in [1.165, 1.54) is 12.0 Å². The van der Waals surface area contributed by atoms with Crippen LogP contribution in [0.3, 0.4) is 0 Å². The SMILES string of the molecule is CCCc1ccc(C#CC#Cc2ccc(OCC)cc2)cc1. The molecule has 0 saturated carbocycles. The molecule has 0 aliphatic heterocycles. The smallest absolute Gasteiger partial charge is 0.119 e. The van der Waals surface area contributed by atoms with Crippen molar-refractivity contribution in [2.75, 3.05) is 6.61 Å². The van der Waals surface area contributed by atoms with Crippen molar-refractivity contribution in [3.8, 4) is 29.4 Å². The molecule has 0 amide bonds. The van der Waals surface area contributed by atoms with Crippen molar-refractivity contribution in [1.29, 1.82) is 0 Å². The predicted molar refractivity (Wildman–Crippen MR) is 91.8 cm³/mol. The van der Waals surface area contributed by atoms with Gasteiger partial charge in [-0.2, -0.15) is 0 Å². The van der Waals surface area contributed by atoms with Crippen molar-refractivity contribution in [2.45, 2.75) is 26.7 Å². The maximum absolute atomic E-state index is 5.40. The zero-order valence-corrected chi connectivity index (χ0v) is 13.1. The summed E-state index contributed by atoms with van der Waals surface area (Å²) >= 11 is 0. The number of aryl methyl sites for hydroxylation is 1. The molecular formula is C21H20O. The third-order valence-corrected chi connectivity index (χ3v) is 3.13. The molecule has 2 aromatic carbocycles. The molecule has 0 radical (unpaired) electrons. The van der Waals surface area contributed by atoms with Crippen molar-refractivity contribution in [2.24, 2.45) is 0 Å². The van der Waals surface area contributed by atoms with E-state index in [4.69, 9.17) is 4.74 Å². The third kappa shape index (κ3) is 5.04. The highest BCUT2D eigenvalue weighted by Crippen LogP contribution is 2.11. The molecule has 0 aromatic heterocycles. The van der Waals surface area contributed by atoms with E-state index in [-0.39, 0.29) is 0 Å². The van der Waals surface area contributed by atoms with Gasteiger partial charge in [-0.25, -0.2) is 0 Å². The van der Waals surface area contributed by atoms with Crippen LogP contribution in [0.15, 0.2) is 48.5 Å². The van der Waals surface area contributed by atoms with E-state index in [2.05, 4.69) is 54.9 Å². The van der Waals surface area contributed by atoms with Gasteiger partial charge < -0.3 is 4.74 Å². The lowest BCUT2D eigenvalue weighted by atomic mass is 10.1. The molecule has 110 valence electrons. The first kappa shape index (κ1) is 15.7. The molecule has 0 saturated heterocycles. The molecule has 2 rings (SSSR count). The van der Waals surface area contributed by atoms with Crippen molar-refractivity contribution in [1.82, 2.24) is 0 Å². The van der Waals surface area contributed by atoms with E-state index in [9.17, 15) is 0 Å². The van der Waals surface area contributed by atoms with E-state index >= 15 is 0 Å². The molecule has 0 aliphatic carbocycles. The average Bonchev–Trinajstić information content (AvgIpc) is 2.55. The summed E-state index contributed by atoms with van der Waals surface area (Å²) < 4.78 is 5.40. The molecule has 1 heteroatoms. The average molecular weight is 288 g/mol. The molecule has 2 aromatic rings. The lowest BCUT2D eigenvalue weighted by molar-refractivity contribution is 0.340.